The average molecular weight is 978 g/mol. The Morgan fingerprint density at radius 3 is 0.915 bits per heavy atom. The van der Waals surface area contributed by atoms with Crippen LogP contribution in [0.1, 0.15) is 213 Å². The zero-order chi connectivity index (χ0) is 51.4. The predicted molar refractivity (Wildman–Crippen MR) is 306 cm³/mol. The number of esters is 3. The van der Waals surface area contributed by atoms with Crippen molar-refractivity contribution in [2.75, 3.05) is 13.2 Å². The standard InChI is InChI=1S/C65H100O6/c1-4-7-10-13-16-19-22-25-28-31-33-35-37-40-43-46-49-52-55-58-64(67)70-61-62(60-69-63(66)57-54-51-48-45-42-39-36-30-27-24-21-18-15-12-9-6-3)71-65(68)59-56-53-50-47-44-41-38-34-32-29-26-23-20-17-14-11-8-5-2/h7,10,13,16-17,19-20,22-23,25-26,28-40,42-43,62H,4-6,8-9,11-12,14-15,18,21,24,27,41,44-61H2,1-3H3/b10-7-,16-13-,20-17-,22-19-,26-23-,28-25-,32-29-,33-31+,36-30-,37-35-,38-34-,42-39-,43-40-. The lowest BCUT2D eigenvalue weighted by Gasteiger charge is -2.18. The number of unbranched alkanes of at least 4 members (excludes halogenated alkanes) is 21. The quantitative estimate of drug-likeness (QED) is 0.0262. The third-order valence-electron chi connectivity index (χ3n) is 11.3. The molecule has 1 unspecified atom stereocenters. The first-order chi connectivity index (χ1) is 35.0. The first kappa shape index (κ1) is 66.0. The van der Waals surface area contributed by atoms with Crippen molar-refractivity contribution >= 4 is 17.9 Å². The highest BCUT2D eigenvalue weighted by Gasteiger charge is 2.19. The molecule has 71 heavy (non-hydrogen) atoms. The summed E-state index contributed by atoms with van der Waals surface area (Å²) in [7, 11) is 0. The van der Waals surface area contributed by atoms with Gasteiger partial charge in [-0.05, 0) is 89.9 Å². The van der Waals surface area contributed by atoms with Crippen LogP contribution in [-0.2, 0) is 28.6 Å². The van der Waals surface area contributed by atoms with Crippen LogP contribution < -0.4 is 0 Å². The fraction of sp³-hybridized carbons (Fsp3) is 0.554. The zero-order valence-corrected chi connectivity index (χ0v) is 45.2. The highest BCUT2D eigenvalue weighted by Crippen LogP contribution is 2.13. The molecule has 0 N–H and O–H groups in total. The molecule has 0 saturated carbocycles. The molecule has 1 atom stereocenters. The minimum Gasteiger partial charge on any atom is -0.462 e. The predicted octanol–water partition coefficient (Wildman–Crippen LogP) is 19.0. The monoisotopic (exact) mass is 977 g/mol. The lowest BCUT2D eigenvalue weighted by molar-refractivity contribution is -0.167. The van der Waals surface area contributed by atoms with Crippen molar-refractivity contribution in [2.24, 2.45) is 0 Å². The van der Waals surface area contributed by atoms with Crippen molar-refractivity contribution in [2.45, 2.75) is 219 Å². The second-order valence-electron chi connectivity index (χ2n) is 18.1. The van der Waals surface area contributed by atoms with E-state index in [4.69, 9.17) is 14.2 Å². The zero-order valence-electron chi connectivity index (χ0n) is 45.2. The van der Waals surface area contributed by atoms with Crippen LogP contribution in [0.5, 0.6) is 0 Å². The Morgan fingerprint density at radius 1 is 0.296 bits per heavy atom. The van der Waals surface area contributed by atoms with Crippen LogP contribution in [-0.4, -0.2) is 37.2 Å². The van der Waals surface area contributed by atoms with Gasteiger partial charge in [-0.25, -0.2) is 0 Å². The summed E-state index contributed by atoms with van der Waals surface area (Å²) in [5.41, 5.74) is 0. The number of allylic oxidation sites excluding steroid dienone is 26. The van der Waals surface area contributed by atoms with Gasteiger partial charge in [0.25, 0.3) is 0 Å². The molecule has 0 aliphatic carbocycles. The minimum atomic E-state index is -0.830. The van der Waals surface area contributed by atoms with E-state index in [1.165, 1.54) is 64.2 Å². The molecule has 0 amide bonds. The maximum atomic E-state index is 12.9. The summed E-state index contributed by atoms with van der Waals surface area (Å²) in [4.78, 5) is 38.1. The van der Waals surface area contributed by atoms with Gasteiger partial charge in [0.15, 0.2) is 6.10 Å². The molecule has 0 aromatic heterocycles. The molecule has 0 aliphatic heterocycles. The van der Waals surface area contributed by atoms with Gasteiger partial charge in [-0.1, -0.05) is 262 Å². The molecule has 0 aromatic rings. The molecule has 0 aliphatic rings. The molecule has 0 radical (unpaired) electrons. The summed E-state index contributed by atoms with van der Waals surface area (Å²) in [6.07, 6.45) is 83.6. The van der Waals surface area contributed by atoms with Gasteiger partial charge in [-0.15, -0.1) is 0 Å². The number of ether oxygens (including phenoxy) is 3. The van der Waals surface area contributed by atoms with Gasteiger partial charge in [0.2, 0.25) is 0 Å². The van der Waals surface area contributed by atoms with Crippen molar-refractivity contribution in [1.29, 1.82) is 0 Å². The van der Waals surface area contributed by atoms with E-state index in [-0.39, 0.29) is 44.0 Å². The van der Waals surface area contributed by atoms with Crippen LogP contribution in [0, 0.1) is 0 Å². The smallest absolute Gasteiger partial charge is 0.306 e. The van der Waals surface area contributed by atoms with Crippen LogP contribution in [0.4, 0.5) is 0 Å². The summed E-state index contributed by atoms with van der Waals surface area (Å²) in [6, 6.07) is 0. The molecule has 396 valence electrons. The van der Waals surface area contributed by atoms with E-state index < -0.39 is 6.10 Å². The normalized spacial score (nSPS) is 13.3. The van der Waals surface area contributed by atoms with Crippen LogP contribution in [0.25, 0.3) is 0 Å². The molecular formula is C65H100O6. The van der Waals surface area contributed by atoms with E-state index in [0.29, 0.717) is 12.8 Å². The Morgan fingerprint density at radius 2 is 0.549 bits per heavy atom. The van der Waals surface area contributed by atoms with E-state index >= 15 is 0 Å². The number of carbonyl (C=O) groups excluding carboxylic acids is 3. The van der Waals surface area contributed by atoms with Gasteiger partial charge < -0.3 is 14.2 Å². The first-order valence-corrected chi connectivity index (χ1v) is 28.2. The van der Waals surface area contributed by atoms with E-state index in [1.54, 1.807) is 0 Å². The topological polar surface area (TPSA) is 78.9 Å². The Hall–Kier alpha value is -4.97. The molecule has 0 bridgehead atoms. The van der Waals surface area contributed by atoms with Gasteiger partial charge in [-0.2, -0.15) is 0 Å². The molecule has 6 heteroatoms. The summed E-state index contributed by atoms with van der Waals surface area (Å²) in [6.45, 7) is 6.35. The molecule has 6 nitrogen and oxygen atoms in total. The van der Waals surface area contributed by atoms with Gasteiger partial charge in [0.1, 0.15) is 13.2 Å². The maximum absolute atomic E-state index is 12.9. The van der Waals surface area contributed by atoms with Crippen molar-refractivity contribution in [3.8, 4) is 0 Å². The van der Waals surface area contributed by atoms with Crippen LogP contribution in [0.3, 0.4) is 0 Å². The minimum absolute atomic E-state index is 0.124. The number of hydrogen-bond donors (Lipinski definition) is 0. The molecule has 0 heterocycles. The Balaban J connectivity index is 4.63. The number of hydrogen-bond acceptors (Lipinski definition) is 6. The summed E-state index contributed by atoms with van der Waals surface area (Å²) >= 11 is 0. The largest absolute Gasteiger partial charge is 0.462 e. The van der Waals surface area contributed by atoms with Crippen LogP contribution in [0.2, 0.25) is 0 Å². The lowest BCUT2D eigenvalue weighted by Crippen LogP contribution is -2.30. The SMILES string of the molecule is CC\C=C/C=C\C=C/C=C\C=C\C=C/C=C\CCCCCC(=O)OCC(COC(=O)CCCCC/C=C\C=C/CCCCCCCCC)OC(=O)CCCCCCC\C=C/C=C\C=C/C=C\CCCCC. The molecular weight excluding hydrogens is 877 g/mol. The fourth-order valence-corrected chi connectivity index (χ4v) is 7.07. The van der Waals surface area contributed by atoms with E-state index in [2.05, 4.69) is 106 Å². The molecule has 0 fully saturated rings. The maximum Gasteiger partial charge on any atom is 0.306 e. The second-order valence-corrected chi connectivity index (χ2v) is 18.1. The summed E-state index contributed by atoms with van der Waals surface area (Å²) in [5, 5.41) is 0. The Bertz CT molecular complexity index is 1640. The summed E-state index contributed by atoms with van der Waals surface area (Å²) in [5.74, 6) is -1.03. The molecule has 0 saturated heterocycles. The van der Waals surface area contributed by atoms with Gasteiger partial charge in [-0.3, -0.25) is 14.4 Å². The van der Waals surface area contributed by atoms with Gasteiger partial charge >= 0.3 is 17.9 Å². The Kier molecular flexibility index (Phi) is 53.6. The highest BCUT2D eigenvalue weighted by atomic mass is 16.6. The van der Waals surface area contributed by atoms with Gasteiger partial charge in [0, 0.05) is 19.3 Å². The molecule has 0 aromatic carbocycles. The van der Waals surface area contributed by atoms with Crippen molar-refractivity contribution in [3.05, 3.63) is 158 Å². The van der Waals surface area contributed by atoms with E-state index in [9.17, 15) is 14.4 Å². The van der Waals surface area contributed by atoms with Crippen LogP contribution in [0.15, 0.2) is 158 Å². The van der Waals surface area contributed by atoms with Crippen molar-refractivity contribution in [1.82, 2.24) is 0 Å². The number of rotatable bonds is 48. The first-order valence-electron chi connectivity index (χ1n) is 28.2. The number of carbonyl (C=O) groups is 3. The Labute approximate surface area is 435 Å². The average Bonchev–Trinajstić information content (AvgIpc) is 3.37. The molecule has 0 spiro atoms. The van der Waals surface area contributed by atoms with Crippen molar-refractivity contribution < 1.29 is 28.6 Å². The lowest BCUT2D eigenvalue weighted by atomic mass is 10.1. The highest BCUT2D eigenvalue weighted by molar-refractivity contribution is 5.71. The second kappa shape index (κ2) is 57.6. The summed E-state index contributed by atoms with van der Waals surface area (Å²) < 4.78 is 16.8. The molecule has 0 rings (SSSR count). The van der Waals surface area contributed by atoms with Gasteiger partial charge in [0.05, 0.1) is 0 Å². The van der Waals surface area contributed by atoms with Crippen molar-refractivity contribution in [3.63, 3.8) is 0 Å². The fourth-order valence-electron chi connectivity index (χ4n) is 7.07. The van der Waals surface area contributed by atoms with Crippen LogP contribution >= 0.6 is 0 Å². The third kappa shape index (κ3) is 55.8. The third-order valence-corrected chi connectivity index (χ3v) is 11.3. The van der Waals surface area contributed by atoms with E-state index in [1.807, 2.05) is 72.9 Å². The van der Waals surface area contributed by atoms with E-state index in [0.717, 1.165) is 103 Å².